The highest BCUT2D eigenvalue weighted by molar-refractivity contribution is 9.10. The van der Waals surface area contributed by atoms with Gasteiger partial charge < -0.3 is 9.55 Å². The van der Waals surface area contributed by atoms with Crippen LogP contribution in [0.25, 0.3) is 11.0 Å². The molecular formula is C12H13BrN2S2. The van der Waals surface area contributed by atoms with Gasteiger partial charge in [-0.05, 0) is 30.4 Å². The summed E-state index contributed by atoms with van der Waals surface area (Å²) in [6, 6.07) is 6.18. The fourth-order valence-electron chi connectivity index (χ4n) is 1.68. The predicted molar refractivity (Wildman–Crippen MR) is 82.3 cm³/mol. The molecule has 1 heterocycles. The Morgan fingerprint density at radius 3 is 3.12 bits per heavy atom. The molecule has 0 saturated heterocycles. The Morgan fingerprint density at radius 1 is 1.53 bits per heavy atom. The van der Waals surface area contributed by atoms with Crippen molar-refractivity contribution in [2.75, 3.05) is 11.5 Å². The molecule has 0 fully saturated rings. The minimum atomic E-state index is 0.789. The van der Waals surface area contributed by atoms with Crippen molar-refractivity contribution in [3.8, 4) is 0 Å². The van der Waals surface area contributed by atoms with E-state index in [1.165, 1.54) is 0 Å². The fraction of sp³-hybridized carbons (Fsp3) is 0.250. The summed E-state index contributed by atoms with van der Waals surface area (Å²) in [6.07, 6.45) is 1.93. The SMILES string of the molecule is C=CCSCCn1c(=S)[nH]c2cc(Br)ccc21. The maximum absolute atomic E-state index is 5.34. The van der Waals surface area contributed by atoms with Crippen LogP contribution in [0.1, 0.15) is 0 Å². The predicted octanol–water partition coefficient (Wildman–Crippen LogP) is 4.38. The van der Waals surface area contributed by atoms with Gasteiger partial charge in [-0.1, -0.05) is 22.0 Å². The number of rotatable bonds is 5. The number of benzene rings is 1. The maximum Gasteiger partial charge on any atom is 0.178 e. The highest BCUT2D eigenvalue weighted by Gasteiger charge is 2.04. The minimum Gasteiger partial charge on any atom is -0.331 e. The lowest BCUT2D eigenvalue weighted by atomic mass is 10.3. The number of aryl methyl sites for hydroxylation is 1. The Bertz CT molecular complexity index is 586. The largest absolute Gasteiger partial charge is 0.331 e. The molecule has 1 aromatic carbocycles. The summed E-state index contributed by atoms with van der Waals surface area (Å²) >= 11 is 10.7. The van der Waals surface area contributed by atoms with Crippen LogP contribution in [-0.2, 0) is 6.54 Å². The first-order chi connectivity index (χ1) is 8.22. The third-order valence-corrected chi connectivity index (χ3v) is 4.19. The Labute approximate surface area is 118 Å². The summed E-state index contributed by atoms with van der Waals surface area (Å²) in [7, 11) is 0. The molecule has 0 unspecified atom stereocenters. The van der Waals surface area contributed by atoms with Gasteiger partial charge in [0.15, 0.2) is 4.77 Å². The second-order valence-corrected chi connectivity index (χ2v) is 6.06. The van der Waals surface area contributed by atoms with Crippen LogP contribution >= 0.6 is 39.9 Å². The Hall–Kier alpha value is -0.520. The second kappa shape index (κ2) is 5.89. The van der Waals surface area contributed by atoms with Crippen molar-refractivity contribution in [1.29, 1.82) is 0 Å². The van der Waals surface area contributed by atoms with Crippen LogP contribution in [0.15, 0.2) is 35.3 Å². The van der Waals surface area contributed by atoms with E-state index in [0.717, 1.165) is 38.3 Å². The fourth-order valence-corrected chi connectivity index (χ4v) is 2.99. The van der Waals surface area contributed by atoms with E-state index in [0.29, 0.717) is 0 Å². The number of fused-ring (bicyclic) bond motifs is 1. The zero-order chi connectivity index (χ0) is 12.3. The van der Waals surface area contributed by atoms with E-state index in [4.69, 9.17) is 12.2 Å². The molecule has 2 nitrogen and oxygen atoms in total. The summed E-state index contributed by atoms with van der Waals surface area (Å²) < 4.78 is 4.00. The Morgan fingerprint density at radius 2 is 2.35 bits per heavy atom. The molecule has 0 spiro atoms. The molecule has 17 heavy (non-hydrogen) atoms. The number of hydrogen-bond donors (Lipinski definition) is 1. The molecule has 0 radical (unpaired) electrons. The summed E-state index contributed by atoms with van der Waals surface area (Å²) in [5.74, 6) is 2.03. The van der Waals surface area contributed by atoms with Crippen molar-refractivity contribution < 1.29 is 0 Å². The third-order valence-electron chi connectivity index (χ3n) is 2.43. The number of thioether (sulfide) groups is 1. The number of nitrogens with one attached hydrogen (secondary N) is 1. The number of aromatic amines is 1. The van der Waals surface area contributed by atoms with E-state index in [2.05, 4.69) is 44.2 Å². The molecule has 2 aromatic rings. The normalized spacial score (nSPS) is 10.9. The van der Waals surface area contributed by atoms with E-state index in [9.17, 15) is 0 Å². The molecule has 5 heteroatoms. The van der Waals surface area contributed by atoms with Crippen LogP contribution in [-0.4, -0.2) is 21.1 Å². The van der Waals surface area contributed by atoms with Crippen molar-refractivity contribution in [3.63, 3.8) is 0 Å². The molecule has 0 bridgehead atoms. The maximum atomic E-state index is 5.34. The Balaban J connectivity index is 2.24. The van der Waals surface area contributed by atoms with E-state index in [-0.39, 0.29) is 0 Å². The number of hydrogen-bond acceptors (Lipinski definition) is 2. The van der Waals surface area contributed by atoms with E-state index in [1.54, 1.807) is 0 Å². The topological polar surface area (TPSA) is 20.7 Å². The van der Waals surface area contributed by atoms with Crippen LogP contribution in [0.4, 0.5) is 0 Å². The van der Waals surface area contributed by atoms with Crippen LogP contribution in [0.3, 0.4) is 0 Å². The molecule has 0 atom stereocenters. The summed E-state index contributed by atoms with van der Waals surface area (Å²) in [5, 5.41) is 0. The van der Waals surface area contributed by atoms with Crippen molar-refractivity contribution in [1.82, 2.24) is 9.55 Å². The van der Waals surface area contributed by atoms with Gasteiger partial charge in [0, 0.05) is 22.5 Å². The molecule has 0 aliphatic rings. The average Bonchev–Trinajstić information content (AvgIpc) is 2.60. The monoisotopic (exact) mass is 328 g/mol. The summed E-state index contributed by atoms with van der Waals surface area (Å²) in [6.45, 7) is 4.64. The Kier molecular flexibility index (Phi) is 4.48. The van der Waals surface area contributed by atoms with E-state index >= 15 is 0 Å². The quantitative estimate of drug-likeness (QED) is 0.499. The average molecular weight is 329 g/mol. The van der Waals surface area contributed by atoms with Gasteiger partial charge in [-0.2, -0.15) is 11.8 Å². The molecule has 0 aliphatic heterocycles. The van der Waals surface area contributed by atoms with Crippen LogP contribution in [0.2, 0.25) is 0 Å². The molecule has 0 aliphatic carbocycles. The van der Waals surface area contributed by atoms with E-state index < -0.39 is 0 Å². The minimum absolute atomic E-state index is 0.789. The lowest BCUT2D eigenvalue weighted by Crippen LogP contribution is -2.00. The molecule has 2 rings (SSSR count). The smallest absolute Gasteiger partial charge is 0.178 e. The van der Waals surface area contributed by atoms with Gasteiger partial charge in [0.05, 0.1) is 11.0 Å². The standard InChI is InChI=1S/C12H13BrN2S2/c1-2-6-17-7-5-15-11-4-3-9(13)8-10(11)14-12(15)16/h2-4,8H,1,5-7H2,(H,14,16). The molecule has 0 amide bonds. The highest BCUT2D eigenvalue weighted by atomic mass is 79.9. The van der Waals surface area contributed by atoms with Crippen LogP contribution < -0.4 is 0 Å². The first-order valence-corrected chi connectivity index (χ1v) is 7.64. The van der Waals surface area contributed by atoms with Gasteiger partial charge in [0.2, 0.25) is 0 Å². The summed E-state index contributed by atoms with van der Waals surface area (Å²) in [5.41, 5.74) is 2.25. The lowest BCUT2D eigenvalue weighted by molar-refractivity contribution is 0.784. The van der Waals surface area contributed by atoms with Crippen LogP contribution in [0, 0.1) is 4.77 Å². The molecule has 90 valence electrons. The zero-order valence-corrected chi connectivity index (χ0v) is 12.5. The number of nitrogens with zero attached hydrogens (tertiary/aromatic N) is 1. The van der Waals surface area contributed by atoms with Gasteiger partial charge >= 0.3 is 0 Å². The number of imidazole rings is 1. The highest BCUT2D eigenvalue weighted by Crippen LogP contribution is 2.20. The third kappa shape index (κ3) is 3.03. The lowest BCUT2D eigenvalue weighted by Gasteiger charge is -2.03. The van der Waals surface area contributed by atoms with Gasteiger partial charge in [-0.15, -0.1) is 6.58 Å². The molecular weight excluding hydrogens is 316 g/mol. The van der Waals surface area contributed by atoms with E-state index in [1.807, 2.05) is 23.9 Å². The van der Waals surface area contributed by atoms with Gasteiger partial charge in [0.25, 0.3) is 0 Å². The van der Waals surface area contributed by atoms with Crippen molar-refractivity contribution in [2.24, 2.45) is 0 Å². The van der Waals surface area contributed by atoms with Gasteiger partial charge in [-0.3, -0.25) is 0 Å². The first kappa shape index (κ1) is 12.9. The molecule has 1 N–H and O–H groups in total. The molecule has 1 aromatic heterocycles. The zero-order valence-electron chi connectivity index (χ0n) is 9.28. The molecule has 0 saturated carbocycles. The number of halogens is 1. The first-order valence-electron chi connectivity index (χ1n) is 5.29. The summed E-state index contributed by atoms with van der Waals surface area (Å²) in [4.78, 5) is 3.23. The number of H-pyrrole nitrogens is 1. The van der Waals surface area contributed by atoms with Crippen molar-refractivity contribution in [2.45, 2.75) is 6.54 Å². The van der Waals surface area contributed by atoms with Gasteiger partial charge in [0.1, 0.15) is 0 Å². The van der Waals surface area contributed by atoms with Crippen molar-refractivity contribution in [3.05, 3.63) is 40.1 Å². The van der Waals surface area contributed by atoms with Crippen molar-refractivity contribution >= 4 is 50.9 Å². The van der Waals surface area contributed by atoms with Gasteiger partial charge in [-0.25, -0.2) is 0 Å². The van der Waals surface area contributed by atoms with Crippen LogP contribution in [0.5, 0.6) is 0 Å². The number of aromatic nitrogens is 2. The second-order valence-electron chi connectivity index (χ2n) is 3.61.